The summed E-state index contributed by atoms with van der Waals surface area (Å²) in [5.74, 6) is 0. The molecule has 0 amide bonds. The third-order valence-electron chi connectivity index (χ3n) is 10.7. The van der Waals surface area contributed by atoms with Gasteiger partial charge in [0.2, 0.25) is 0 Å². The van der Waals surface area contributed by atoms with Gasteiger partial charge in [-0.15, -0.1) is 11.3 Å². The molecule has 0 spiro atoms. The van der Waals surface area contributed by atoms with Crippen LogP contribution in [0.4, 0.5) is 17.1 Å². The third-order valence-corrected chi connectivity index (χ3v) is 11.9. The lowest BCUT2D eigenvalue weighted by molar-refractivity contribution is 1.28. The Balaban J connectivity index is 1.08. The first kappa shape index (κ1) is 33.6. The van der Waals surface area contributed by atoms with Crippen LogP contribution in [0.25, 0.3) is 75.8 Å². The topological polar surface area (TPSA) is 3.24 Å². The van der Waals surface area contributed by atoms with E-state index < -0.39 is 0 Å². The molecule has 56 heavy (non-hydrogen) atoms. The molecule has 2 heteroatoms. The highest BCUT2D eigenvalue weighted by Gasteiger charge is 2.19. The number of hydrogen-bond donors (Lipinski definition) is 0. The van der Waals surface area contributed by atoms with E-state index >= 15 is 0 Å². The molecular weight excluding hydrogens is 695 g/mol. The normalized spacial score (nSPS) is 11.2. The van der Waals surface area contributed by atoms with Crippen molar-refractivity contribution in [3.63, 3.8) is 0 Å². The zero-order valence-corrected chi connectivity index (χ0v) is 31.5. The van der Waals surface area contributed by atoms with Crippen LogP contribution in [0.3, 0.4) is 0 Å². The molecule has 0 aliphatic heterocycles. The Kier molecular flexibility index (Phi) is 8.79. The fourth-order valence-corrected chi connectivity index (χ4v) is 9.23. The average Bonchev–Trinajstić information content (AvgIpc) is 3.67. The van der Waals surface area contributed by atoms with Gasteiger partial charge in [0.15, 0.2) is 0 Å². The maximum absolute atomic E-state index is 2.35. The van der Waals surface area contributed by atoms with Crippen molar-refractivity contribution < 1.29 is 0 Å². The van der Waals surface area contributed by atoms with E-state index in [0.717, 1.165) is 17.1 Å². The molecule has 0 aliphatic rings. The highest BCUT2D eigenvalue weighted by Crippen LogP contribution is 2.46. The second-order valence-electron chi connectivity index (χ2n) is 14.1. The highest BCUT2D eigenvalue weighted by molar-refractivity contribution is 7.26. The molecule has 264 valence electrons. The Morgan fingerprint density at radius 1 is 0.268 bits per heavy atom. The van der Waals surface area contributed by atoms with Crippen LogP contribution in [0, 0.1) is 0 Å². The molecule has 0 unspecified atom stereocenters. The molecule has 1 heterocycles. The summed E-state index contributed by atoms with van der Waals surface area (Å²) >= 11 is 1.88. The van der Waals surface area contributed by atoms with E-state index in [0.29, 0.717) is 0 Å². The van der Waals surface area contributed by atoms with Gasteiger partial charge in [-0.2, -0.15) is 0 Å². The molecular formula is C54H37NS. The van der Waals surface area contributed by atoms with Crippen molar-refractivity contribution in [2.45, 2.75) is 0 Å². The van der Waals surface area contributed by atoms with Crippen LogP contribution < -0.4 is 4.90 Å². The Labute approximate surface area is 332 Å². The van der Waals surface area contributed by atoms with E-state index in [9.17, 15) is 0 Å². The molecule has 0 atom stereocenters. The first-order chi connectivity index (χ1) is 27.8. The van der Waals surface area contributed by atoms with Crippen molar-refractivity contribution in [1.82, 2.24) is 0 Å². The van der Waals surface area contributed by atoms with Crippen LogP contribution >= 0.6 is 11.3 Å². The minimum atomic E-state index is 1.10. The molecule has 0 aliphatic carbocycles. The smallest absolute Gasteiger partial charge is 0.0462 e. The summed E-state index contributed by atoms with van der Waals surface area (Å²) in [5.41, 5.74) is 15.5. The standard InChI is InChI=1S/C54H37NS/c1-4-14-38(15-5-1)40-26-32-44(33-27-40)55(45-34-28-41(29-35-45)39-16-6-2-7-17-39)46-36-30-42(31-37-46)47-21-12-22-49(53(47)43-18-8-3-9-19-43)51-24-13-23-50-48-20-10-11-25-52(48)56-54(50)51/h1-37H. The Hall–Kier alpha value is -7.00. The minimum absolute atomic E-state index is 1.10. The average molecular weight is 732 g/mol. The van der Waals surface area contributed by atoms with E-state index in [2.05, 4.69) is 229 Å². The van der Waals surface area contributed by atoms with E-state index in [-0.39, 0.29) is 0 Å². The van der Waals surface area contributed by atoms with Gasteiger partial charge >= 0.3 is 0 Å². The number of fused-ring (bicyclic) bond motifs is 3. The predicted molar refractivity (Wildman–Crippen MR) is 241 cm³/mol. The van der Waals surface area contributed by atoms with Crippen molar-refractivity contribution in [3.05, 3.63) is 224 Å². The number of rotatable bonds is 8. The van der Waals surface area contributed by atoms with Crippen LogP contribution in [-0.4, -0.2) is 0 Å². The van der Waals surface area contributed by atoms with Gasteiger partial charge in [-0.1, -0.05) is 182 Å². The summed E-state index contributed by atoms with van der Waals surface area (Å²) in [6, 6.07) is 81.2. The van der Waals surface area contributed by atoms with Gasteiger partial charge in [-0.05, 0) is 92.5 Å². The van der Waals surface area contributed by atoms with Gasteiger partial charge in [-0.25, -0.2) is 0 Å². The van der Waals surface area contributed by atoms with E-state index in [4.69, 9.17) is 0 Å². The summed E-state index contributed by atoms with van der Waals surface area (Å²) in [6.45, 7) is 0. The van der Waals surface area contributed by atoms with Crippen LogP contribution in [0.2, 0.25) is 0 Å². The molecule has 0 N–H and O–H groups in total. The van der Waals surface area contributed by atoms with Crippen molar-refractivity contribution in [2.24, 2.45) is 0 Å². The first-order valence-corrected chi connectivity index (χ1v) is 19.9. The monoisotopic (exact) mass is 731 g/mol. The van der Waals surface area contributed by atoms with Crippen LogP contribution in [0.1, 0.15) is 0 Å². The molecule has 0 saturated heterocycles. The van der Waals surface area contributed by atoms with E-state index in [1.807, 2.05) is 11.3 Å². The maximum atomic E-state index is 2.35. The van der Waals surface area contributed by atoms with Crippen LogP contribution in [0.5, 0.6) is 0 Å². The molecule has 1 aromatic heterocycles. The number of hydrogen-bond acceptors (Lipinski definition) is 2. The zero-order valence-electron chi connectivity index (χ0n) is 30.7. The molecule has 0 fully saturated rings. The number of benzene rings is 9. The Morgan fingerprint density at radius 3 is 1.25 bits per heavy atom. The lowest BCUT2D eigenvalue weighted by Gasteiger charge is -2.26. The van der Waals surface area contributed by atoms with Gasteiger partial charge in [0.1, 0.15) is 0 Å². The second-order valence-corrected chi connectivity index (χ2v) is 15.1. The Morgan fingerprint density at radius 2 is 0.679 bits per heavy atom. The predicted octanol–water partition coefficient (Wildman–Crippen LogP) is 15.9. The molecule has 10 aromatic rings. The van der Waals surface area contributed by atoms with Crippen molar-refractivity contribution in [1.29, 1.82) is 0 Å². The fraction of sp³-hybridized carbons (Fsp3) is 0. The maximum Gasteiger partial charge on any atom is 0.0462 e. The van der Waals surface area contributed by atoms with E-state index in [1.54, 1.807) is 0 Å². The SMILES string of the molecule is c1ccc(-c2ccc(N(c3ccc(-c4ccccc4)cc3)c3ccc(-c4cccc(-c5cccc6c5sc5ccccc56)c4-c4ccccc4)cc3)cc2)cc1. The summed E-state index contributed by atoms with van der Waals surface area (Å²) in [6.07, 6.45) is 0. The summed E-state index contributed by atoms with van der Waals surface area (Å²) in [4.78, 5) is 2.35. The number of anilines is 3. The lowest BCUT2D eigenvalue weighted by atomic mass is 9.87. The van der Waals surface area contributed by atoms with Crippen molar-refractivity contribution in [2.75, 3.05) is 4.90 Å². The van der Waals surface area contributed by atoms with Gasteiger partial charge in [0.25, 0.3) is 0 Å². The quantitative estimate of drug-likeness (QED) is 0.150. The third kappa shape index (κ3) is 6.26. The Bertz CT molecular complexity index is 2830. The minimum Gasteiger partial charge on any atom is -0.311 e. The van der Waals surface area contributed by atoms with Gasteiger partial charge in [0, 0.05) is 42.8 Å². The molecule has 1 nitrogen and oxygen atoms in total. The summed E-state index contributed by atoms with van der Waals surface area (Å²) < 4.78 is 2.64. The van der Waals surface area contributed by atoms with Gasteiger partial charge in [-0.3, -0.25) is 0 Å². The molecule has 0 radical (unpaired) electrons. The summed E-state index contributed by atoms with van der Waals surface area (Å²) in [5, 5.41) is 2.63. The van der Waals surface area contributed by atoms with Gasteiger partial charge < -0.3 is 4.90 Å². The van der Waals surface area contributed by atoms with Crippen molar-refractivity contribution >= 4 is 48.6 Å². The zero-order chi connectivity index (χ0) is 37.3. The second kappa shape index (κ2) is 14.7. The first-order valence-electron chi connectivity index (χ1n) is 19.1. The number of thiophene rings is 1. The van der Waals surface area contributed by atoms with E-state index in [1.165, 1.54) is 75.8 Å². The largest absolute Gasteiger partial charge is 0.311 e. The van der Waals surface area contributed by atoms with Gasteiger partial charge in [0.05, 0.1) is 0 Å². The highest BCUT2D eigenvalue weighted by atomic mass is 32.1. The van der Waals surface area contributed by atoms with Crippen LogP contribution in [-0.2, 0) is 0 Å². The molecule has 10 rings (SSSR count). The fourth-order valence-electron chi connectivity index (χ4n) is 8.00. The van der Waals surface area contributed by atoms with Crippen molar-refractivity contribution in [3.8, 4) is 55.6 Å². The molecule has 0 bridgehead atoms. The number of nitrogens with zero attached hydrogens (tertiary/aromatic N) is 1. The molecule has 0 saturated carbocycles. The summed E-state index contributed by atoms with van der Waals surface area (Å²) in [7, 11) is 0. The molecule has 9 aromatic carbocycles. The van der Waals surface area contributed by atoms with Crippen LogP contribution in [0.15, 0.2) is 224 Å². The lowest BCUT2D eigenvalue weighted by Crippen LogP contribution is -2.09.